The molecule has 0 aliphatic carbocycles. The molecular weight excluding hydrogens is 256 g/mol. The van der Waals surface area contributed by atoms with Gasteiger partial charge in [-0.25, -0.2) is 0 Å². The highest BCUT2D eigenvalue weighted by Gasteiger charge is 2.38. The molecule has 3 aliphatic heterocycles. The monoisotopic (exact) mass is 284 g/mol. The predicted octanol–water partition coefficient (Wildman–Crippen LogP) is 2.12. The minimum Gasteiger partial charge on any atom is -0.375 e. The van der Waals surface area contributed by atoms with E-state index in [9.17, 15) is 0 Å². The second kappa shape index (κ2) is 6.79. The smallest absolute Gasteiger partial charge is 0.0713 e. The molecule has 3 aliphatic rings. The van der Waals surface area contributed by atoms with Gasteiger partial charge in [-0.2, -0.15) is 11.8 Å². The molecule has 3 heterocycles. The Bertz CT molecular complexity index is 270. The topological polar surface area (TPSA) is 24.5 Å². The average Bonchev–Trinajstić information content (AvgIpc) is 2.93. The van der Waals surface area contributed by atoms with E-state index in [0.29, 0.717) is 6.04 Å². The summed E-state index contributed by atoms with van der Waals surface area (Å²) < 4.78 is 6.15. The van der Waals surface area contributed by atoms with Crippen molar-refractivity contribution in [2.45, 2.75) is 50.2 Å². The predicted molar refractivity (Wildman–Crippen MR) is 81.9 cm³/mol. The first-order valence-corrected chi connectivity index (χ1v) is 9.19. The van der Waals surface area contributed by atoms with Crippen molar-refractivity contribution < 1.29 is 4.74 Å². The fourth-order valence-electron chi connectivity index (χ4n) is 3.73. The van der Waals surface area contributed by atoms with Gasteiger partial charge in [-0.3, -0.25) is 0 Å². The fourth-order valence-corrected chi connectivity index (χ4v) is 4.96. The molecule has 0 saturated carbocycles. The summed E-state index contributed by atoms with van der Waals surface area (Å²) in [5.74, 6) is 2.58. The molecule has 0 radical (unpaired) electrons. The van der Waals surface area contributed by atoms with E-state index >= 15 is 0 Å². The van der Waals surface area contributed by atoms with E-state index in [1.165, 1.54) is 69.7 Å². The number of nitrogens with one attached hydrogen (secondary N) is 1. The van der Waals surface area contributed by atoms with E-state index < -0.39 is 0 Å². The molecule has 3 nitrogen and oxygen atoms in total. The SMILES string of the molecule is C1CCN(CCNC2CCOC3(CCSCC3)C2)C1. The zero-order valence-electron chi connectivity index (χ0n) is 12.0. The first-order valence-electron chi connectivity index (χ1n) is 8.04. The Hall–Kier alpha value is 0.230. The lowest BCUT2D eigenvalue weighted by Crippen LogP contribution is -2.49. The van der Waals surface area contributed by atoms with Crippen molar-refractivity contribution in [3.8, 4) is 0 Å². The molecule has 0 aromatic carbocycles. The van der Waals surface area contributed by atoms with Gasteiger partial charge < -0.3 is 15.0 Å². The van der Waals surface area contributed by atoms with Gasteiger partial charge in [0.1, 0.15) is 0 Å². The molecule has 1 atom stereocenters. The van der Waals surface area contributed by atoms with Crippen LogP contribution < -0.4 is 5.32 Å². The van der Waals surface area contributed by atoms with Gasteiger partial charge in [0.25, 0.3) is 0 Å². The number of hydrogen-bond acceptors (Lipinski definition) is 4. The molecule has 110 valence electrons. The summed E-state index contributed by atoms with van der Waals surface area (Å²) >= 11 is 2.09. The van der Waals surface area contributed by atoms with E-state index in [0.717, 1.165) is 13.2 Å². The first kappa shape index (κ1) is 14.2. The maximum Gasteiger partial charge on any atom is 0.0713 e. The molecule has 1 spiro atoms. The molecule has 3 rings (SSSR count). The Morgan fingerprint density at radius 2 is 2.00 bits per heavy atom. The van der Waals surface area contributed by atoms with Crippen LogP contribution in [0.3, 0.4) is 0 Å². The molecule has 1 N–H and O–H groups in total. The number of likely N-dealkylation sites (tertiary alicyclic amines) is 1. The molecule has 0 amide bonds. The molecule has 0 aromatic rings. The second-order valence-electron chi connectivity index (χ2n) is 6.34. The van der Waals surface area contributed by atoms with E-state index in [2.05, 4.69) is 22.0 Å². The van der Waals surface area contributed by atoms with Crippen molar-refractivity contribution in [1.29, 1.82) is 0 Å². The quantitative estimate of drug-likeness (QED) is 0.854. The standard InChI is InChI=1S/C15H28N2OS/c1-2-8-17(7-1)9-6-16-14-3-10-18-15(13-14)4-11-19-12-5-15/h14,16H,1-13H2. The van der Waals surface area contributed by atoms with Crippen LogP contribution in [0.4, 0.5) is 0 Å². The van der Waals surface area contributed by atoms with Crippen LogP contribution in [0.25, 0.3) is 0 Å². The van der Waals surface area contributed by atoms with Crippen molar-refractivity contribution >= 4 is 11.8 Å². The van der Waals surface area contributed by atoms with Gasteiger partial charge in [0, 0.05) is 25.7 Å². The van der Waals surface area contributed by atoms with Gasteiger partial charge in [0.15, 0.2) is 0 Å². The van der Waals surface area contributed by atoms with Gasteiger partial charge in [-0.15, -0.1) is 0 Å². The highest BCUT2D eigenvalue weighted by molar-refractivity contribution is 7.99. The molecule has 0 bridgehead atoms. The van der Waals surface area contributed by atoms with E-state index in [-0.39, 0.29) is 5.60 Å². The number of thioether (sulfide) groups is 1. The number of ether oxygens (including phenoxy) is 1. The molecule has 0 aromatic heterocycles. The third kappa shape index (κ3) is 3.87. The summed E-state index contributed by atoms with van der Waals surface area (Å²) in [6.45, 7) is 6.00. The van der Waals surface area contributed by atoms with Crippen LogP contribution in [-0.4, -0.2) is 60.8 Å². The lowest BCUT2D eigenvalue weighted by molar-refractivity contribution is -0.0931. The summed E-state index contributed by atoms with van der Waals surface area (Å²) in [4.78, 5) is 2.60. The maximum atomic E-state index is 6.15. The Kier molecular flexibility index (Phi) is 5.07. The second-order valence-corrected chi connectivity index (χ2v) is 7.56. The highest BCUT2D eigenvalue weighted by atomic mass is 32.2. The Labute approximate surface area is 121 Å². The van der Waals surface area contributed by atoms with Crippen LogP contribution in [0.1, 0.15) is 38.5 Å². The van der Waals surface area contributed by atoms with Gasteiger partial charge >= 0.3 is 0 Å². The number of nitrogens with zero attached hydrogens (tertiary/aromatic N) is 1. The van der Waals surface area contributed by atoms with Gasteiger partial charge in [-0.1, -0.05) is 0 Å². The van der Waals surface area contributed by atoms with Crippen molar-refractivity contribution in [3.05, 3.63) is 0 Å². The van der Waals surface area contributed by atoms with Gasteiger partial charge in [-0.05, 0) is 63.1 Å². The minimum absolute atomic E-state index is 0.231. The zero-order chi connectivity index (χ0) is 13.0. The summed E-state index contributed by atoms with van der Waals surface area (Å²) in [5.41, 5.74) is 0.231. The van der Waals surface area contributed by atoms with Crippen LogP contribution in [0, 0.1) is 0 Å². The van der Waals surface area contributed by atoms with Gasteiger partial charge in [0.05, 0.1) is 5.60 Å². The van der Waals surface area contributed by atoms with E-state index in [1.54, 1.807) is 0 Å². The Balaban J connectivity index is 1.40. The maximum absolute atomic E-state index is 6.15. The van der Waals surface area contributed by atoms with Crippen LogP contribution in [-0.2, 0) is 4.74 Å². The fraction of sp³-hybridized carbons (Fsp3) is 1.00. The zero-order valence-corrected chi connectivity index (χ0v) is 12.8. The number of hydrogen-bond donors (Lipinski definition) is 1. The average molecular weight is 284 g/mol. The number of rotatable bonds is 4. The molecule has 3 fully saturated rings. The lowest BCUT2D eigenvalue weighted by Gasteiger charge is -2.43. The van der Waals surface area contributed by atoms with Crippen LogP contribution in [0.15, 0.2) is 0 Å². The van der Waals surface area contributed by atoms with Crippen molar-refractivity contribution in [3.63, 3.8) is 0 Å². The Morgan fingerprint density at radius 1 is 1.21 bits per heavy atom. The van der Waals surface area contributed by atoms with Crippen LogP contribution >= 0.6 is 11.8 Å². The normalized spacial score (nSPS) is 31.9. The first-order chi connectivity index (χ1) is 9.36. The highest BCUT2D eigenvalue weighted by Crippen LogP contribution is 2.37. The third-order valence-electron chi connectivity index (χ3n) is 4.96. The van der Waals surface area contributed by atoms with Crippen LogP contribution in [0.5, 0.6) is 0 Å². The minimum atomic E-state index is 0.231. The largest absolute Gasteiger partial charge is 0.375 e. The molecule has 1 unspecified atom stereocenters. The summed E-state index contributed by atoms with van der Waals surface area (Å²) in [6, 6.07) is 0.694. The van der Waals surface area contributed by atoms with Crippen molar-refractivity contribution in [1.82, 2.24) is 10.2 Å². The molecule has 3 saturated heterocycles. The van der Waals surface area contributed by atoms with Crippen molar-refractivity contribution in [2.24, 2.45) is 0 Å². The summed E-state index contributed by atoms with van der Waals surface area (Å²) in [7, 11) is 0. The van der Waals surface area contributed by atoms with Crippen molar-refractivity contribution in [2.75, 3.05) is 44.3 Å². The lowest BCUT2D eigenvalue weighted by atomic mass is 9.85. The van der Waals surface area contributed by atoms with Gasteiger partial charge in [0.2, 0.25) is 0 Å². The van der Waals surface area contributed by atoms with E-state index in [1.807, 2.05) is 0 Å². The summed E-state index contributed by atoms with van der Waals surface area (Å²) in [6.07, 6.45) is 7.78. The summed E-state index contributed by atoms with van der Waals surface area (Å²) in [5, 5.41) is 3.79. The molecular formula is C15H28N2OS. The third-order valence-corrected chi connectivity index (χ3v) is 5.94. The Morgan fingerprint density at radius 3 is 2.79 bits per heavy atom. The van der Waals surface area contributed by atoms with E-state index in [4.69, 9.17) is 4.74 Å². The molecule has 19 heavy (non-hydrogen) atoms. The molecule has 4 heteroatoms. The van der Waals surface area contributed by atoms with Crippen LogP contribution in [0.2, 0.25) is 0 Å².